The number of halogens is 1. The van der Waals surface area contributed by atoms with Crippen molar-refractivity contribution in [3.05, 3.63) is 47.5 Å². The van der Waals surface area contributed by atoms with Gasteiger partial charge in [0.2, 0.25) is 0 Å². The molecule has 1 aliphatic carbocycles. The molecule has 2 fully saturated rings. The van der Waals surface area contributed by atoms with Crippen molar-refractivity contribution in [1.82, 2.24) is 14.7 Å². The number of rotatable bonds is 7. The van der Waals surface area contributed by atoms with E-state index in [-0.39, 0.29) is 11.9 Å². The molecule has 0 bridgehead atoms. The molecular formula is C23H32FN3O2. The second-order valence-electron chi connectivity index (χ2n) is 8.36. The van der Waals surface area contributed by atoms with Gasteiger partial charge in [-0.05, 0) is 49.1 Å². The lowest BCUT2D eigenvalue weighted by Gasteiger charge is -2.35. The smallest absolute Gasteiger partial charge is 0.123 e. The summed E-state index contributed by atoms with van der Waals surface area (Å²) in [6.07, 6.45) is 7.74. The largest absolute Gasteiger partial charge is 0.493 e. The Morgan fingerprint density at radius 2 is 1.97 bits per heavy atom. The van der Waals surface area contributed by atoms with Crippen LogP contribution in [0, 0.1) is 11.7 Å². The van der Waals surface area contributed by atoms with Crippen LogP contribution in [0.2, 0.25) is 0 Å². The minimum absolute atomic E-state index is 0.0466. The fraction of sp³-hybridized carbons (Fsp3) is 0.609. The highest BCUT2D eigenvalue weighted by Crippen LogP contribution is 2.27. The lowest BCUT2D eigenvalue weighted by Crippen LogP contribution is -2.41. The molecule has 6 heteroatoms. The molecule has 1 atom stereocenters. The van der Waals surface area contributed by atoms with Crippen molar-refractivity contribution in [2.45, 2.75) is 44.6 Å². The van der Waals surface area contributed by atoms with E-state index in [2.05, 4.69) is 11.0 Å². The number of nitrogens with zero attached hydrogens (tertiary/aromatic N) is 3. The van der Waals surface area contributed by atoms with E-state index in [0.717, 1.165) is 43.4 Å². The Bertz CT molecular complexity index is 771. The molecule has 2 heterocycles. The maximum absolute atomic E-state index is 13.0. The average molecular weight is 402 g/mol. The van der Waals surface area contributed by atoms with Gasteiger partial charge >= 0.3 is 0 Å². The fourth-order valence-electron chi connectivity index (χ4n) is 4.51. The van der Waals surface area contributed by atoms with E-state index in [4.69, 9.17) is 14.6 Å². The van der Waals surface area contributed by atoms with Crippen molar-refractivity contribution in [2.24, 2.45) is 13.0 Å². The Balaban J connectivity index is 1.29. The van der Waals surface area contributed by atoms with Gasteiger partial charge in [-0.3, -0.25) is 9.58 Å². The topological polar surface area (TPSA) is 39.5 Å². The summed E-state index contributed by atoms with van der Waals surface area (Å²) in [6, 6.07) is 8.28. The van der Waals surface area contributed by atoms with Gasteiger partial charge < -0.3 is 9.47 Å². The van der Waals surface area contributed by atoms with Gasteiger partial charge in [0.25, 0.3) is 0 Å². The van der Waals surface area contributed by atoms with Crippen LogP contribution in [0.25, 0.3) is 0 Å². The number of morpholine rings is 1. The van der Waals surface area contributed by atoms with Crippen LogP contribution < -0.4 is 4.74 Å². The van der Waals surface area contributed by atoms with E-state index < -0.39 is 0 Å². The van der Waals surface area contributed by atoms with Crippen LogP contribution in [0.5, 0.6) is 5.75 Å². The van der Waals surface area contributed by atoms with E-state index in [9.17, 15) is 4.39 Å². The summed E-state index contributed by atoms with van der Waals surface area (Å²) in [5.41, 5.74) is 2.13. The molecule has 4 rings (SSSR count). The minimum Gasteiger partial charge on any atom is -0.493 e. The van der Waals surface area contributed by atoms with E-state index in [0.29, 0.717) is 12.4 Å². The third-order valence-electron chi connectivity index (χ3n) is 6.16. The molecule has 1 saturated heterocycles. The molecule has 1 aromatic heterocycles. The quantitative estimate of drug-likeness (QED) is 0.699. The zero-order valence-electron chi connectivity index (χ0n) is 17.4. The zero-order chi connectivity index (χ0) is 20.1. The Hall–Kier alpha value is -1.92. The lowest BCUT2D eigenvalue weighted by atomic mass is 9.89. The molecule has 0 amide bonds. The molecule has 0 N–H and O–H groups in total. The molecule has 1 aromatic carbocycles. The summed E-state index contributed by atoms with van der Waals surface area (Å²) in [4.78, 5) is 2.57. The zero-order valence-corrected chi connectivity index (χ0v) is 17.4. The number of hydrogen-bond acceptors (Lipinski definition) is 4. The summed E-state index contributed by atoms with van der Waals surface area (Å²) in [6.45, 7) is 4.46. The highest BCUT2D eigenvalue weighted by Gasteiger charge is 2.26. The number of ether oxygens (including phenoxy) is 2. The molecule has 5 nitrogen and oxygen atoms in total. The summed E-state index contributed by atoms with van der Waals surface area (Å²) in [5.74, 6) is 1.28. The fourth-order valence-corrected chi connectivity index (χ4v) is 4.51. The SMILES string of the molecule is Cn1nc([C@@H]2CN(CC3CCCCC3)CCO2)cc1CCOc1ccc(F)cc1. The van der Waals surface area contributed by atoms with Crippen molar-refractivity contribution in [3.8, 4) is 5.75 Å². The Labute approximate surface area is 172 Å². The van der Waals surface area contributed by atoms with Crippen LogP contribution in [-0.4, -0.2) is 47.5 Å². The van der Waals surface area contributed by atoms with Crippen molar-refractivity contribution < 1.29 is 13.9 Å². The van der Waals surface area contributed by atoms with Crippen LogP contribution in [0.4, 0.5) is 4.39 Å². The van der Waals surface area contributed by atoms with Gasteiger partial charge in [0, 0.05) is 38.8 Å². The standard InChI is InChI=1S/C23H32FN3O2/c1-26-20(11-13-28-21-9-7-19(24)8-10-21)15-22(25-26)23-17-27(12-14-29-23)16-18-5-3-2-4-6-18/h7-10,15,18,23H,2-6,11-14,16-17H2,1H3/t23-/m0/s1. The molecular weight excluding hydrogens is 369 g/mol. The van der Waals surface area contributed by atoms with E-state index in [1.165, 1.54) is 50.8 Å². The number of aryl methyl sites for hydroxylation is 1. The van der Waals surface area contributed by atoms with Crippen molar-refractivity contribution in [3.63, 3.8) is 0 Å². The maximum atomic E-state index is 13.0. The molecule has 0 radical (unpaired) electrons. The molecule has 29 heavy (non-hydrogen) atoms. The van der Waals surface area contributed by atoms with Crippen LogP contribution >= 0.6 is 0 Å². The predicted molar refractivity (Wildman–Crippen MR) is 111 cm³/mol. The van der Waals surface area contributed by atoms with Gasteiger partial charge in [-0.25, -0.2) is 4.39 Å². The summed E-state index contributed by atoms with van der Waals surface area (Å²) >= 11 is 0. The number of hydrogen-bond donors (Lipinski definition) is 0. The van der Waals surface area contributed by atoms with Gasteiger partial charge in [-0.1, -0.05) is 19.3 Å². The molecule has 158 valence electrons. The molecule has 2 aromatic rings. The first-order valence-electron chi connectivity index (χ1n) is 10.9. The molecule has 1 saturated carbocycles. The first kappa shape index (κ1) is 20.4. The molecule has 0 spiro atoms. The summed E-state index contributed by atoms with van der Waals surface area (Å²) in [5, 5.41) is 4.71. The summed E-state index contributed by atoms with van der Waals surface area (Å²) in [7, 11) is 1.97. The Morgan fingerprint density at radius 3 is 2.76 bits per heavy atom. The highest BCUT2D eigenvalue weighted by atomic mass is 19.1. The van der Waals surface area contributed by atoms with Gasteiger partial charge in [0.05, 0.1) is 18.9 Å². The van der Waals surface area contributed by atoms with E-state index in [1.54, 1.807) is 12.1 Å². The summed E-state index contributed by atoms with van der Waals surface area (Å²) < 4.78 is 26.7. The predicted octanol–water partition coefficient (Wildman–Crippen LogP) is 4.13. The second kappa shape index (κ2) is 9.72. The van der Waals surface area contributed by atoms with Gasteiger partial charge in [-0.15, -0.1) is 0 Å². The Morgan fingerprint density at radius 1 is 1.17 bits per heavy atom. The average Bonchev–Trinajstić information content (AvgIpc) is 3.11. The number of aromatic nitrogens is 2. The maximum Gasteiger partial charge on any atom is 0.123 e. The van der Waals surface area contributed by atoms with Crippen LogP contribution in [0.15, 0.2) is 30.3 Å². The monoisotopic (exact) mass is 401 g/mol. The van der Waals surface area contributed by atoms with Gasteiger partial charge in [0.15, 0.2) is 0 Å². The highest BCUT2D eigenvalue weighted by molar-refractivity contribution is 5.22. The number of benzene rings is 1. The normalized spacial score (nSPS) is 21.4. The van der Waals surface area contributed by atoms with Crippen LogP contribution in [-0.2, 0) is 18.2 Å². The van der Waals surface area contributed by atoms with E-state index >= 15 is 0 Å². The third-order valence-corrected chi connectivity index (χ3v) is 6.16. The first-order chi connectivity index (χ1) is 14.2. The lowest BCUT2D eigenvalue weighted by molar-refractivity contribution is -0.0381. The molecule has 0 unspecified atom stereocenters. The first-order valence-corrected chi connectivity index (χ1v) is 10.9. The van der Waals surface area contributed by atoms with Gasteiger partial charge in [-0.2, -0.15) is 5.10 Å². The van der Waals surface area contributed by atoms with Crippen LogP contribution in [0.3, 0.4) is 0 Å². The molecule has 2 aliphatic rings. The minimum atomic E-state index is -0.251. The van der Waals surface area contributed by atoms with Gasteiger partial charge in [0.1, 0.15) is 17.7 Å². The third kappa shape index (κ3) is 5.58. The Kier molecular flexibility index (Phi) is 6.82. The second-order valence-corrected chi connectivity index (χ2v) is 8.36. The van der Waals surface area contributed by atoms with Crippen molar-refractivity contribution >= 4 is 0 Å². The molecule has 1 aliphatic heterocycles. The van der Waals surface area contributed by atoms with Crippen LogP contribution in [0.1, 0.15) is 49.6 Å². The van der Waals surface area contributed by atoms with Crippen molar-refractivity contribution in [2.75, 3.05) is 32.8 Å². The van der Waals surface area contributed by atoms with E-state index in [1.807, 2.05) is 11.7 Å². The van der Waals surface area contributed by atoms with Crippen molar-refractivity contribution in [1.29, 1.82) is 0 Å².